The van der Waals surface area contributed by atoms with Gasteiger partial charge in [-0.3, -0.25) is 0 Å². The van der Waals surface area contributed by atoms with Crippen LogP contribution in [0.4, 0.5) is 0 Å². The first-order valence-electron chi connectivity index (χ1n) is 0.548. The predicted molar refractivity (Wildman–Crippen MR) is 21.2 cm³/mol. The van der Waals surface area contributed by atoms with Crippen molar-refractivity contribution in [1.29, 1.82) is 0 Å². The summed E-state index contributed by atoms with van der Waals surface area (Å²) < 4.78 is 0. The van der Waals surface area contributed by atoms with Crippen LogP contribution in [-0.2, 0) is 17.1 Å². The largest absolute Gasteiger partial charge is 2.00 e. The summed E-state index contributed by atoms with van der Waals surface area (Å²) in [6.07, 6.45) is 0. The van der Waals surface area contributed by atoms with E-state index in [0.717, 1.165) is 0 Å². The Morgan fingerprint density at radius 2 is 1.00 bits per heavy atom. The summed E-state index contributed by atoms with van der Waals surface area (Å²) in [6.45, 7) is 0. The molecular formula is H6CuNO6+. The van der Waals surface area contributed by atoms with E-state index in [2.05, 4.69) is 0 Å². The van der Waals surface area contributed by atoms with Crippen molar-refractivity contribution in [2.45, 2.75) is 0 Å². The number of hydrogen-bond donors (Lipinski definition) is 0. The van der Waals surface area contributed by atoms with Gasteiger partial charge in [0.1, 0.15) is 0 Å². The maximum absolute atomic E-state index is 8.25. The number of nitrogens with zero attached hydrogens (tertiary/aromatic N) is 1. The fraction of sp³-hybridized carbons (Fsp3) is 0. The molecule has 0 spiro atoms. The maximum Gasteiger partial charge on any atom is 2.00 e. The van der Waals surface area contributed by atoms with Crippen molar-refractivity contribution in [2.24, 2.45) is 0 Å². The van der Waals surface area contributed by atoms with Crippen LogP contribution < -0.4 is 0 Å². The molecule has 0 aromatic rings. The smallest absolute Gasteiger partial charge is 0.412 e. The second kappa shape index (κ2) is 30.6. The quantitative estimate of drug-likeness (QED) is 0.225. The summed E-state index contributed by atoms with van der Waals surface area (Å²) in [6, 6.07) is 0. The van der Waals surface area contributed by atoms with Crippen molar-refractivity contribution in [3.8, 4) is 0 Å². The Kier molecular flexibility index (Phi) is 187. The van der Waals surface area contributed by atoms with E-state index in [9.17, 15) is 0 Å². The van der Waals surface area contributed by atoms with Gasteiger partial charge in [-0.05, 0) is 0 Å². The van der Waals surface area contributed by atoms with Crippen LogP contribution in [0.1, 0.15) is 0 Å². The molecular weight excluding hydrogens is 174 g/mol. The molecule has 0 aliphatic heterocycles. The van der Waals surface area contributed by atoms with Gasteiger partial charge in [0.25, 0.3) is 0 Å². The molecule has 0 aliphatic carbocycles. The monoisotopic (exact) mass is 179 g/mol. The van der Waals surface area contributed by atoms with Crippen LogP contribution in [0.3, 0.4) is 0 Å². The molecule has 0 saturated heterocycles. The zero-order chi connectivity index (χ0) is 3.58. The predicted octanol–water partition coefficient (Wildman–Crippen LogP) is -2.72. The Balaban J connectivity index is -0.00000000750. The molecule has 0 aromatic heterocycles. The minimum atomic E-state index is -1.75. The fourth-order valence-corrected chi connectivity index (χ4v) is 0. The van der Waals surface area contributed by atoms with Crippen LogP contribution >= 0.6 is 0 Å². The van der Waals surface area contributed by atoms with E-state index >= 15 is 0 Å². The topological polar surface area (TPSA) is 161 Å². The third-order valence-electron chi connectivity index (χ3n) is 0. The minimum absolute atomic E-state index is 0. The van der Waals surface area contributed by atoms with Gasteiger partial charge >= 0.3 is 17.1 Å². The Morgan fingerprint density at radius 1 is 1.00 bits per heavy atom. The van der Waals surface area contributed by atoms with Crippen molar-refractivity contribution in [3.05, 3.63) is 15.3 Å². The van der Waals surface area contributed by atoms with Crippen LogP contribution in [0.2, 0.25) is 0 Å². The molecule has 0 fully saturated rings. The first-order chi connectivity index (χ1) is 1.73. The van der Waals surface area contributed by atoms with Crippen molar-refractivity contribution in [3.63, 3.8) is 0 Å². The summed E-state index contributed by atoms with van der Waals surface area (Å²) in [7, 11) is 0. The molecule has 0 bridgehead atoms. The second-order valence-corrected chi connectivity index (χ2v) is 0.224. The summed E-state index contributed by atoms with van der Waals surface area (Å²) in [4.78, 5) is 8.25. The molecule has 57 valence electrons. The van der Waals surface area contributed by atoms with E-state index in [1.807, 2.05) is 0 Å². The van der Waals surface area contributed by atoms with Gasteiger partial charge in [-0.2, -0.15) is 0 Å². The average Bonchev–Trinajstić information content (AvgIpc) is 0.811. The number of hydrogen-bond acceptors (Lipinski definition) is 3. The van der Waals surface area contributed by atoms with Crippen molar-refractivity contribution in [2.75, 3.05) is 0 Å². The molecule has 0 saturated carbocycles. The van der Waals surface area contributed by atoms with Gasteiger partial charge in [-0.15, -0.1) is 0 Å². The van der Waals surface area contributed by atoms with E-state index in [-0.39, 0.29) is 33.5 Å². The molecule has 0 aliphatic rings. The SMILES string of the molecule is O.O.O.O=[N+]([O-])[O-].[Cu+2]. The average molecular weight is 180 g/mol. The summed E-state index contributed by atoms with van der Waals surface area (Å²) in [5.41, 5.74) is 0. The molecule has 0 aromatic carbocycles. The Labute approximate surface area is 54.8 Å². The first kappa shape index (κ1) is 49.0. The van der Waals surface area contributed by atoms with E-state index in [4.69, 9.17) is 15.3 Å². The van der Waals surface area contributed by atoms with E-state index in [1.54, 1.807) is 0 Å². The van der Waals surface area contributed by atoms with Crippen LogP contribution in [-0.4, -0.2) is 21.5 Å². The zero-order valence-corrected chi connectivity index (χ0v) is 4.42. The van der Waals surface area contributed by atoms with E-state index < -0.39 is 5.09 Å². The van der Waals surface area contributed by atoms with Gasteiger partial charge in [0.05, 0.1) is 5.09 Å². The second-order valence-electron chi connectivity index (χ2n) is 0.224. The molecule has 6 N–H and O–H groups in total. The van der Waals surface area contributed by atoms with Crippen molar-refractivity contribution in [1.82, 2.24) is 0 Å². The van der Waals surface area contributed by atoms with Gasteiger partial charge in [-0.25, -0.2) is 0 Å². The molecule has 0 unspecified atom stereocenters. The van der Waals surface area contributed by atoms with Crippen molar-refractivity contribution >= 4 is 0 Å². The molecule has 8 heteroatoms. The molecule has 0 heterocycles. The van der Waals surface area contributed by atoms with Crippen LogP contribution in [0.25, 0.3) is 0 Å². The van der Waals surface area contributed by atoms with Gasteiger partial charge in [0, 0.05) is 0 Å². The van der Waals surface area contributed by atoms with Gasteiger partial charge < -0.3 is 31.8 Å². The molecule has 0 amide bonds. The Hall–Kier alpha value is -0.401. The van der Waals surface area contributed by atoms with Gasteiger partial charge in [-0.1, -0.05) is 0 Å². The molecule has 0 atom stereocenters. The normalized spacial score (nSPS) is 3.00. The third kappa shape index (κ3) is 738. The zero-order valence-electron chi connectivity index (χ0n) is 3.47. The fourth-order valence-electron chi connectivity index (χ4n) is 0. The molecule has 7 nitrogen and oxygen atoms in total. The van der Waals surface area contributed by atoms with Crippen LogP contribution in [0.15, 0.2) is 0 Å². The van der Waals surface area contributed by atoms with Gasteiger partial charge in [0.15, 0.2) is 0 Å². The number of rotatable bonds is 0. The maximum atomic E-state index is 8.25. The summed E-state index contributed by atoms with van der Waals surface area (Å²) in [5.74, 6) is 0. The first-order valence-corrected chi connectivity index (χ1v) is 0.548. The van der Waals surface area contributed by atoms with E-state index in [1.165, 1.54) is 0 Å². The Bertz CT molecular complexity index is 31.5. The van der Waals surface area contributed by atoms with Gasteiger partial charge in [0.2, 0.25) is 0 Å². The summed E-state index contributed by atoms with van der Waals surface area (Å²) >= 11 is 0. The van der Waals surface area contributed by atoms with Crippen molar-refractivity contribution < 1.29 is 38.6 Å². The minimum Gasteiger partial charge on any atom is -0.412 e. The van der Waals surface area contributed by atoms with E-state index in [0.29, 0.717) is 0 Å². The molecule has 1 radical (unpaired) electrons. The summed E-state index contributed by atoms with van der Waals surface area (Å²) in [5, 5.41) is 14.8. The van der Waals surface area contributed by atoms with Crippen LogP contribution in [0, 0.1) is 15.3 Å². The standard InChI is InChI=1S/Cu.NO3.3H2O/c;2-1(3)4;;;/h;;3*1H2/q+2;-1;;;. The van der Waals surface area contributed by atoms with Crippen LogP contribution in [0.5, 0.6) is 0 Å². The molecule has 8 heavy (non-hydrogen) atoms. The molecule has 0 rings (SSSR count). The third-order valence-corrected chi connectivity index (χ3v) is 0. The Morgan fingerprint density at radius 3 is 1.00 bits per heavy atom.